The summed E-state index contributed by atoms with van der Waals surface area (Å²) in [6, 6.07) is 21.6. The van der Waals surface area contributed by atoms with Crippen molar-refractivity contribution >= 4 is 17.3 Å². The van der Waals surface area contributed by atoms with Gasteiger partial charge in [-0.05, 0) is 289 Å². The maximum atomic E-state index is 14.4. The van der Waals surface area contributed by atoms with Gasteiger partial charge >= 0.3 is 5.97 Å². The highest BCUT2D eigenvalue weighted by molar-refractivity contribution is 5.91. The van der Waals surface area contributed by atoms with Crippen LogP contribution in [0, 0.1) is 109 Å². The van der Waals surface area contributed by atoms with Gasteiger partial charge in [0.25, 0.3) is 0 Å². The molecule has 29 atom stereocenters. The zero-order valence-corrected chi connectivity index (χ0v) is 62.1. The Hall–Kier alpha value is -3.34. The van der Waals surface area contributed by atoms with E-state index in [-0.39, 0.29) is 75.7 Å². The smallest absolute Gasteiger partial charge is 0.331 e. The van der Waals surface area contributed by atoms with Gasteiger partial charge in [0.05, 0.1) is 30.0 Å². The van der Waals surface area contributed by atoms with Crippen molar-refractivity contribution in [1.29, 1.82) is 0 Å². The largest absolute Gasteiger partial charge is 0.458 e. The summed E-state index contributed by atoms with van der Waals surface area (Å²) in [6.07, 6.45) is 33.5. The molecule has 100 heavy (non-hydrogen) atoms. The zero-order chi connectivity index (χ0) is 69.8. The monoisotopic (exact) mass is 1380 g/mol. The second-order valence-corrected chi connectivity index (χ2v) is 38.0. The minimum Gasteiger partial charge on any atom is -0.458 e. The molecule has 5 heterocycles. The van der Waals surface area contributed by atoms with Crippen molar-refractivity contribution in [3.8, 4) is 0 Å². The molecular formula is C87H125NO12. The Kier molecular flexibility index (Phi) is 18.4. The standard InChI is InChI=1S/C36H44O2.C29H42O8.C22H39NO2/c1-24(14-16-29(25-10-6-4-7-11-25)26-12-8-5-9-13-26)30-18-19-31-32-17-15-27-22-28-20-21-35(27,3)36(32,38-28)33(37)23-34(30,31)2;1-15-12-22(30)29(33)25(35-15)36-21-8-9-26(2)18-6-10-27(3)17(16-13-23(31)34-14-16)7-11-28(27,32)19(18)4-5-20(26)24(21)37-29;1-20-11-4-3-6-16(20)7-8-17-18(20)9-12-21(2)19(17)10-13-22(21,25)23-14-5-15-24/h4-13,16,24,27-28,30-32H,14-15,17-23H2,1-3H3;13,15,17-22,24-25,30,32-33H,4-12,14H2,1-3H3;16-19,23-25H,3-15H2,1-2H3/t24?,27?,28?,30?,31?,32?,34-,35+,36+;15?,17?,18?,19?,20-,21?,22+,24?,25?,26?,27?,28?,29-;16-,17?,18?,19?,20+,21+,22+/m101/s1. The summed E-state index contributed by atoms with van der Waals surface area (Å²) in [5.74, 6) is 5.51. The number of benzene rings is 2. The predicted octanol–water partition coefficient (Wildman–Crippen LogP) is 15.4. The number of ether oxygens (including phenoxy) is 5. The van der Waals surface area contributed by atoms with Crippen LogP contribution in [0.1, 0.15) is 253 Å². The molecule has 13 heteroatoms. The SMILES string of the molecule is CC(CC=C(c1ccccc1)c1ccccc1)C1CCC2C3CCC4CC5CC[C@]4(C)[C@@]3(O5)C(=O)C[C@]12C.CC1C[C@@H](O)[C@]2(O)OC3C(CCC4(C)C5CCC6(C)C(C7=CC(=O)OC7)CCC6(O)C5CC[C@@H]34)OC2O1.C[C@]12CCC3C(CC[C@H]4CCCC[C@]34C)C1CC[C@@]2(O)NCCCO. The second-order valence-electron chi connectivity index (χ2n) is 38.0. The van der Waals surface area contributed by atoms with Crippen molar-refractivity contribution in [2.45, 2.75) is 301 Å². The number of fused-ring (bicyclic) bond motifs is 16. The number of carbonyl (C=O) groups is 2. The van der Waals surface area contributed by atoms with Crippen LogP contribution in [0.2, 0.25) is 0 Å². The van der Waals surface area contributed by atoms with E-state index >= 15 is 0 Å². The van der Waals surface area contributed by atoms with Crippen LogP contribution < -0.4 is 5.32 Å². The van der Waals surface area contributed by atoms with E-state index in [9.17, 15) is 30.0 Å². The number of allylic oxidation sites excluding steroid dienone is 1. The average Bonchev–Trinajstić information content (AvgIpc) is 1.03. The van der Waals surface area contributed by atoms with Crippen LogP contribution in [0.5, 0.6) is 0 Å². The third-order valence-corrected chi connectivity index (χ3v) is 34.3. The molecular weight excluding hydrogens is 1250 g/mol. The van der Waals surface area contributed by atoms with Gasteiger partial charge in [-0.2, -0.15) is 0 Å². The molecule has 1 spiro atoms. The molecule has 550 valence electrons. The van der Waals surface area contributed by atoms with Crippen molar-refractivity contribution in [1.82, 2.24) is 5.32 Å². The van der Waals surface area contributed by atoms with Gasteiger partial charge in [0, 0.05) is 41.8 Å². The van der Waals surface area contributed by atoms with Crippen molar-refractivity contribution < 1.29 is 58.8 Å². The molecule has 4 saturated heterocycles. The summed E-state index contributed by atoms with van der Waals surface area (Å²) >= 11 is 0. The number of aliphatic hydroxyl groups is 5. The molecule has 12 saturated carbocycles. The Labute approximate surface area is 598 Å². The highest BCUT2D eigenvalue weighted by Crippen LogP contribution is 2.75. The van der Waals surface area contributed by atoms with E-state index in [0.29, 0.717) is 71.8 Å². The molecule has 5 aliphatic heterocycles. The van der Waals surface area contributed by atoms with Gasteiger partial charge < -0.3 is 49.2 Å². The first-order valence-corrected chi connectivity index (χ1v) is 40.9. The maximum absolute atomic E-state index is 14.4. The molecule has 17 aliphatic rings. The summed E-state index contributed by atoms with van der Waals surface area (Å²) < 4.78 is 30.8. The number of hydrogen-bond acceptors (Lipinski definition) is 13. The average molecular weight is 1380 g/mol. The summed E-state index contributed by atoms with van der Waals surface area (Å²) in [6.45, 7) is 20.1. The predicted molar refractivity (Wildman–Crippen MR) is 385 cm³/mol. The number of ketones is 1. The number of hydrogen-bond donors (Lipinski definition) is 6. The molecule has 6 N–H and O–H groups in total. The minimum atomic E-state index is -1.85. The Morgan fingerprint density at radius 2 is 1.30 bits per heavy atom. The molecule has 12 aliphatic carbocycles. The molecule has 0 aromatic heterocycles. The molecule has 13 nitrogen and oxygen atoms in total. The number of carbonyl (C=O) groups excluding carboxylic acids is 2. The lowest BCUT2D eigenvalue weighted by atomic mass is 9.40. The first-order chi connectivity index (χ1) is 47.8. The molecule has 16 fully saturated rings. The summed E-state index contributed by atoms with van der Waals surface area (Å²) in [7, 11) is 0. The summed E-state index contributed by atoms with van der Waals surface area (Å²) in [5.41, 5.74) is 3.43. The van der Waals surface area contributed by atoms with Gasteiger partial charge in [0.1, 0.15) is 24.0 Å². The van der Waals surface area contributed by atoms with E-state index in [1.54, 1.807) is 6.08 Å². The topological polar surface area (TPSA) is 193 Å². The van der Waals surface area contributed by atoms with Crippen LogP contribution in [0.25, 0.3) is 5.57 Å². The van der Waals surface area contributed by atoms with Crippen LogP contribution >= 0.6 is 0 Å². The number of rotatable bonds is 10. The van der Waals surface area contributed by atoms with Gasteiger partial charge in [-0.15, -0.1) is 0 Å². The Morgan fingerprint density at radius 3 is 2.04 bits per heavy atom. The number of aliphatic hydroxyl groups excluding tert-OH is 2. The minimum absolute atomic E-state index is 0.0154. The van der Waals surface area contributed by atoms with Crippen LogP contribution in [-0.4, -0.2) is 117 Å². The zero-order valence-electron chi connectivity index (χ0n) is 62.1. The van der Waals surface area contributed by atoms with Crippen LogP contribution in [0.15, 0.2) is 78.4 Å². The first kappa shape index (κ1) is 70.9. The van der Waals surface area contributed by atoms with Crippen LogP contribution in [0.4, 0.5) is 0 Å². The lowest BCUT2D eigenvalue weighted by Gasteiger charge is -2.70. The first-order valence-electron chi connectivity index (χ1n) is 40.9. The Morgan fingerprint density at radius 1 is 0.620 bits per heavy atom. The lowest BCUT2D eigenvalue weighted by Crippen LogP contribution is -2.75. The van der Waals surface area contributed by atoms with Gasteiger partial charge in [-0.1, -0.05) is 128 Å². The molecule has 19 unspecified atom stereocenters. The fourth-order valence-corrected chi connectivity index (χ4v) is 29.0. The maximum Gasteiger partial charge on any atom is 0.331 e. The van der Waals surface area contributed by atoms with E-state index < -0.39 is 35.1 Å². The normalized spacial score (nSPS) is 50.7. The fourth-order valence-electron chi connectivity index (χ4n) is 29.0. The Bertz CT molecular complexity index is 3380. The lowest BCUT2D eigenvalue weighted by molar-refractivity contribution is -0.463. The van der Waals surface area contributed by atoms with Gasteiger partial charge in [0.15, 0.2) is 5.78 Å². The van der Waals surface area contributed by atoms with E-state index in [0.717, 1.165) is 113 Å². The molecule has 19 rings (SSSR count). The van der Waals surface area contributed by atoms with E-state index in [4.69, 9.17) is 28.8 Å². The third kappa shape index (κ3) is 10.7. The number of Topliss-reactive ketones (excluding diaryl/α,β-unsaturated/α-hetero) is 1. The van der Waals surface area contributed by atoms with Crippen molar-refractivity contribution in [2.75, 3.05) is 19.8 Å². The van der Waals surface area contributed by atoms with Crippen LogP contribution in [-0.2, 0) is 33.3 Å². The second kappa shape index (κ2) is 26.0. The third-order valence-electron chi connectivity index (χ3n) is 34.3. The number of cyclic esters (lactones) is 1. The number of nitrogens with one attached hydrogen (secondary N) is 1. The summed E-state index contributed by atoms with van der Waals surface area (Å²) in [4.78, 5) is 26.2. The fraction of sp³-hybridized carbons (Fsp3) is 0.793. The van der Waals surface area contributed by atoms with Crippen molar-refractivity contribution in [2.24, 2.45) is 109 Å². The molecule has 2 aromatic rings. The highest BCUT2D eigenvalue weighted by atomic mass is 16.8. The van der Waals surface area contributed by atoms with Gasteiger partial charge in [0.2, 0.25) is 12.1 Å². The van der Waals surface area contributed by atoms with Crippen molar-refractivity contribution in [3.63, 3.8) is 0 Å². The van der Waals surface area contributed by atoms with E-state index in [2.05, 4.69) is 121 Å². The van der Waals surface area contributed by atoms with E-state index in [1.807, 2.05) is 6.92 Å². The molecule has 0 amide bonds. The molecule has 0 radical (unpaired) electrons. The quantitative estimate of drug-likeness (QED) is 0.0570. The van der Waals surface area contributed by atoms with Crippen molar-refractivity contribution in [3.05, 3.63) is 89.5 Å². The highest BCUT2D eigenvalue weighted by Gasteiger charge is 2.76. The molecule has 4 bridgehead atoms. The van der Waals surface area contributed by atoms with E-state index in [1.165, 1.54) is 113 Å². The summed E-state index contributed by atoms with van der Waals surface area (Å²) in [5, 5.41) is 58.6. The van der Waals surface area contributed by atoms with Gasteiger partial charge in [-0.3, -0.25) is 10.1 Å². The number of esters is 1. The Balaban J connectivity index is 0.000000119. The van der Waals surface area contributed by atoms with Gasteiger partial charge in [-0.25, -0.2) is 4.79 Å². The van der Waals surface area contributed by atoms with Crippen LogP contribution in [0.3, 0.4) is 0 Å². The molecule has 2 aromatic carbocycles.